The summed E-state index contributed by atoms with van der Waals surface area (Å²) in [6.07, 6.45) is 0.926. The fourth-order valence-corrected chi connectivity index (χ4v) is 3.18. The van der Waals surface area contributed by atoms with Crippen LogP contribution in [0.3, 0.4) is 0 Å². The van der Waals surface area contributed by atoms with E-state index in [1.807, 2.05) is 6.92 Å². The lowest BCUT2D eigenvalue weighted by Gasteiger charge is -2.36. The Morgan fingerprint density at radius 3 is 2.41 bits per heavy atom. The van der Waals surface area contributed by atoms with Crippen LogP contribution in [0.15, 0.2) is 6.07 Å². The van der Waals surface area contributed by atoms with E-state index in [4.69, 9.17) is 4.43 Å². The maximum atomic E-state index is 10.8. The highest BCUT2D eigenvalue weighted by molar-refractivity contribution is 7.13. The molecule has 0 amide bonds. The molecule has 1 rings (SSSR count). The molecule has 0 aliphatic carbocycles. The first kappa shape index (κ1) is 14.6. The summed E-state index contributed by atoms with van der Waals surface area (Å²) < 4.78 is 6.13. The zero-order valence-corrected chi connectivity index (χ0v) is 13.4. The normalized spacial score (nSPS) is 12.8. The van der Waals surface area contributed by atoms with Crippen molar-refractivity contribution in [1.82, 2.24) is 0 Å². The lowest BCUT2D eigenvalue weighted by molar-refractivity contribution is 0.112. The molecule has 0 fully saturated rings. The van der Waals surface area contributed by atoms with Crippen LogP contribution < -0.4 is 0 Å². The Balaban J connectivity index is 2.70. The first-order valence-corrected chi connectivity index (χ1v) is 9.58. The summed E-state index contributed by atoms with van der Waals surface area (Å²) in [5, 5.41) is 0.229. The van der Waals surface area contributed by atoms with Crippen molar-refractivity contribution in [3.63, 3.8) is 0 Å². The van der Waals surface area contributed by atoms with Crippen LogP contribution in [0, 0.1) is 6.92 Å². The number of carbonyl (C=O) groups excluding carboxylic acids is 1. The van der Waals surface area contributed by atoms with Gasteiger partial charge < -0.3 is 4.43 Å². The third-order valence-electron chi connectivity index (χ3n) is 3.50. The van der Waals surface area contributed by atoms with Crippen LogP contribution in [0.5, 0.6) is 0 Å². The van der Waals surface area contributed by atoms with Gasteiger partial charge >= 0.3 is 0 Å². The molecule has 0 aromatic carbocycles. The number of hydrogen-bond acceptors (Lipinski definition) is 3. The number of aryl methyl sites for hydroxylation is 1. The molecule has 0 spiro atoms. The SMILES string of the molecule is Cc1cc(CO[Si](C)(C)C(C)(C)C)sc1C=O. The molecule has 0 atom stereocenters. The molecule has 0 N–H and O–H groups in total. The molecule has 1 aromatic heterocycles. The molecule has 0 radical (unpaired) electrons. The molecule has 96 valence electrons. The van der Waals surface area contributed by atoms with Gasteiger partial charge in [-0.05, 0) is 36.7 Å². The van der Waals surface area contributed by atoms with E-state index in [1.54, 1.807) is 0 Å². The topological polar surface area (TPSA) is 26.3 Å². The zero-order valence-electron chi connectivity index (χ0n) is 11.6. The van der Waals surface area contributed by atoms with Crippen molar-refractivity contribution in [2.24, 2.45) is 0 Å². The Morgan fingerprint density at radius 1 is 1.41 bits per heavy atom. The van der Waals surface area contributed by atoms with Gasteiger partial charge in [0.25, 0.3) is 0 Å². The summed E-state index contributed by atoms with van der Waals surface area (Å²) in [6.45, 7) is 13.8. The fraction of sp³-hybridized carbons (Fsp3) is 0.615. The summed E-state index contributed by atoms with van der Waals surface area (Å²) in [7, 11) is -1.69. The van der Waals surface area contributed by atoms with E-state index < -0.39 is 8.32 Å². The Bertz CT molecular complexity index is 402. The second-order valence-electron chi connectivity index (χ2n) is 5.93. The fourth-order valence-electron chi connectivity index (χ4n) is 1.22. The van der Waals surface area contributed by atoms with Crippen molar-refractivity contribution in [2.45, 2.75) is 52.4 Å². The van der Waals surface area contributed by atoms with Gasteiger partial charge in [-0.2, -0.15) is 0 Å². The summed E-state index contributed by atoms with van der Waals surface area (Å²) in [4.78, 5) is 12.7. The molecule has 0 saturated carbocycles. The molecule has 1 heterocycles. The van der Waals surface area contributed by atoms with E-state index in [0.717, 1.165) is 21.6 Å². The zero-order chi connectivity index (χ0) is 13.3. The molecule has 1 aromatic rings. The standard InChI is InChI=1S/C13H22O2SSi/c1-10-7-11(16-12(10)8-14)9-15-17(5,6)13(2,3)4/h7-8H,9H2,1-6H3. The maximum Gasteiger partial charge on any atom is 0.192 e. The highest BCUT2D eigenvalue weighted by Crippen LogP contribution is 2.37. The number of carbonyl (C=O) groups is 1. The van der Waals surface area contributed by atoms with Crippen LogP contribution in [0.1, 0.15) is 40.9 Å². The van der Waals surface area contributed by atoms with Crippen molar-refractivity contribution in [2.75, 3.05) is 0 Å². The van der Waals surface area contributed by atoms with Crippen LogP contribution >= 0.6 is 11.3 Å². The monoisotopic (exact) mass is 270 g/mol. The minimum Gasteiger partial charge on any atom is -0.412 e. The van der Waals surface area contributed by atoms with E-state index in [0.29, 0.717) is 6.61 Å². The van der Waals surface area contributed by atoms with Gasteiger partial charge in [0.2, 0.25) is 0 Å². The Labute approximate surface area is 109 Å². The Hall–Kier alpha value is -0.453. The first-order valence-electron chi connectivity index (χ1n) is 5.86. The van der Waals surface area contributed by atoms with Gasteiger partial charge in [-0.3, -0.25) is 4.79 Å². The average molecular weight is 270 g/mol. The van der Waals surface area contributed by atoms with Crippen molar-refractivity contribution >= 4 is 25.9 Å². The summed E-state index contributed by atoms with van der Waals surface area (Å²) in [5.41, 5.74) is 1.05. The highest BCUT2D eigenvalue weighted by atomic mass is 32.1. The quantitative estimate of drug-likeness (QED) is 0.599. The maximum absolute atomic E-state index is 10.8. The largest absolute Gasteiger partial charge is 0.412 e. The second kappa shape index (κ2) is 5.04. The van der Waals surface area contributed by atoms with Gasteiger partial charge in [0.05, 0.1) is 11.5 Å². The van der Waals surface area contributed by atoms with Crippen LogP contribution in [0.25, 0.3) is 0 Å². The number of hydrogen-bond donors (Lipinski definition) is 0. The lowest BCUT2D eigenvalue weighted by Crippen LogP contribution is -2.40. The van der Waals surface area contributed by atoms with Crippen molar-refractivity contribution in [3.05, 3.63) is 21.4 Å². The molecule has 0 aliphatic heterocycles. The molecule has 0 unspecified atom stereocenters. The predicted octanol–water partition coefficient (Wildman–Crippen LogP) is 4.39. The number of thiophene rings is 1. The summed E-state index contributed by atoms with van der Waals surface area (Å²) >= 11 is 1.54. The molecule has 0 aliphatic rings. The minimum absolute atomic E-state index is 0.229. The third kappa shape index (κ3) is 3.50. The molecule has 17 heavy (non-hydrogen) atoms. The molecule has 2 nitrogen and oxygen atoms in total. The summed E-state index contributed by atoms with van der Waals surface area (Å²) in [5.74, 6) is 0. The van der Waals surface area contributed by atoms with Gasteiger partial charge in [0.15, 0.2) is 14.6 Å². The highest BCUT2D eigenvalue weighted by Gasteiger charge is 2.37. The minimum atomic E-state index is -1.69. The Morgan fingerprint density at radius 2 is 2.00 bits per heavy atom. The van der Waals surface area contributed by atoms with Gasteiger partial charge in [0, 0.05) is 4.88 Å². The molecular formula is C13H22O2SSi. The average Bonchev–Trinajstić information content (AvgIpc) is 2.54. The van der Waals surface area contributed by atoms with E-state index in [1.165, 1.54) is 11.3 Å². The van der Waals surface area contributed by atoms with Crippen molar-refractivity contribution in [3.8, 4) is 0 Å². The van der Waals surface area contributed by atoms with Crippen molar-refractivity contribution < 1.29 is 9.22 Å². The van der Waals surface area contributed by atoms with Crippen LogP contribution in [-0.2, 0) is 11.0 Å². The number of aldehydes is 1. The molecular weight excluding hydrogens is 248 g/mol. The van der Waals surface area contributed by atoms with Crippen LogP contribution in [0.4, 0.5) is 0 Å². The molecule has 0 saturated heterocycles. The van der Waals surface area contributed by atoms with E-state index in [9.17, 15) is 4.79 Å². The summed E-state index contributed by atoms with van der Waals surface area (Å²) in [6, 6.07) is 2.06. The third-order valence-corrected chi connectivity index (χ3v) is 9.11. The van der Waals surface area contributed by atoms with Crippen LogP contribution in [0.2, 0.25) is 18.1 Å². The van der Waals surface area contributed by atoms with Gasteiger partial charge in [-0.25, -0.2) is 0 Å². The molecule has 4 heteroatoms. The Kier molecular flexibility index (Phi) is 4.33. The molecule has 0 bridgehead atoms. The van der Waals surface area contributed by atoms with Gasteiger partial charge in [-0.1, -0.05) is 20.8 Å². The predicted molar refractivity (Wildman–Crippen MR) is 76.4 cm³/mol. The van der Waals surface area contributed by atoms with Gasteiger partial charge in [0.1, 0.15) is 0 Å². The second-order valence-corrected chi connectivity index (χ2v) is 11.9. The lowest BCUT2D eigenvalue weighted by atomic mass is 10.2. The van der Waals surface area contributed by atoms with Crippen molar-refractivity contribution in [1.29, 1.82) is 0 Å². The van der Waals surface area contributed by atoms with E-state index in [-0.39, 0.29) is 5.04 Å². The first-order chi connectivity index (χ1) is 7.67. The van der Waals surface area contributed by atoms with E-state index in [2.05, 4.69) is 39.9 Å². The number of rotatable bonds is 4. The smallest absolute Gasteiger partial charge is 0.192 e. The van der Waals surface area contributed by atoms with E-state index >= 15 is 0 Å². The van der Waals surface area contributed by atoms with Crippen LogP contribution in [-0.4, -0.2) is 14.6 Å². The van der Waals surface area contributed by atoms with Gasteiger partial charge in [-0.15, -0.1) is 11.3 Å².